The van der Waals surface area contributed by atoms with Gasteiger partial charge in [-0.3, -0.25) is 15.1 Å². The van der Waals surface area contributed by atoms with Gasteiger partial charge in [0.1, 0.15) is 11.4 Å². The molecular weight excluding hydrogens is 292 g/mol. The van der Waals surface area contributed by atoms with Gasteiger partial charge in [0.25, 0.3) is 0 Å². The Labute approximate surface area is 134 Å². The Morgan fingerprint density at radius 1 is 1.22 bits per heavy atom. The van der Waals surface area contributed by atoms with Crippen LogP contribution in [0.25, 0.3) is 22.6 Å². The van der Waals surface area contributed by atoms with Gasteiger partial charge in [-0.15, -0.1) is 5.10 Å². The fraction of sp³-hybridized carbons (Fsp3) is 0.250. The number of nitrogens with one attached hydrogen (secondary N) is 2. The number of aromatic amines is 1. The van der Waals surface area contributed by atoms with Gasteiger partial charge in [-0.2, -0.15) is 4.98 Å². The number of hydrogen-bond acceptors (Lipinski definition) is 6. The predicted molar refractivity (Wildman–Crippen MR) is 88.2 cm³/mol. The largest absolute Gasteiger partial charge is 0.495 e. The predicted octanol–water partition coefficient (Wildman–Crippen LogP) is 2.76. The van der Waals surface area contributed by atoms with E-state index in [1.807, 2.05) is 18.2 Å². The molecule has 0 bridgehead atoms. The number of methoxy groups -OCH3 is 1. The van der Waals surface area contributed by atoms with Crippen LogP contribution in [0.4, 0.5) is 5.95 Å². The number of pyridine rings is 2. The molecule has 0 saturated heterocycles. The summed E-state index contributed by atoms with van der Waals surface area (Å²) in [6.45, 7) is 2.92. The van der Waals surface area contributed by atoms with E-state index < -0.39 is 0 Å². The van der Waals surface area contributed by atoms with Crippen molar-refractivity contribution >= 4 is 5.95 Å². The standard InChI is InChI=1S/C16H18N6O/c1-3-5-19-16-20-15(21-22-16)14-8-11(4-6-18-14)12-7-13(23-2)10-17-9-12/h4,6-10H,3,5H2,1-2H3,(H2,19,20,21,22). The summed E-state index contributed by atoms with van der Waals surface area (Å²) in [6.07, 6.45) is 6.22. The molecule has 7 nitrogen and oxygen atoms in total. The number of anilines is 1. The Hall–Kier alpha value is -2.96. The zero-order valence-corrected chi connectivity index (χ0v) is 13.1. The molecule has 0 aliphatic carbocycles. The summed E-state index contributed by atoms with van der Waals surface area (Å²) in [7, 11) is 1.62. The summed E-state index contributed by atoms with van der Waals surface area (Å²) in [5, 5.41) is 10.2. The van der Waals surface area contributed by atoms with E-state index in [2.05, 4.69) is 37.4 Å². The van der Waals surface area contributed by atoms with Gasteiger partial charge in [0.05, 0.1) is 13.3 Å². The van der Waals surface area contributed by atoms with Gasteiger partial charge in [-0.05, 0) is 30.2 Å². The first-order chi connectivity index (χ1) is 11.3. The molecule has 0 spiro atoms. The molecule has 0 aliphatic rings. The maximum atomic E-state index is 5.22. The number of rotatable bonds is 6. The first-order valence-electron chi connectivity index (χ1n) is 7.42. The first-order valence-corrected chi connectivity index (χ1v) is 7.42. The molecule has 2 N–H and O–H groups in total. The summed E-state index contributed by atoms with van der Waals surface area (Å²) < 4.78 is 5.22. The van der Waals surface area contributed by atoms with Gasteiger partial charge in [0.2, 0.25) is 5.95 Å². The van der Waals surface area contributed by atoms with E-state index in [9.17, 15) is 0 Å². The van der Waals surface area contributed by atoms with Crippen molar-refractivity contribution in [2.24, 2.45) is 0 Å². The third-order valence-corrected chi connectivity index (χ3v) is 3.30. The van der Waals surface area contributed by atoms with Gasteiger partial charge >= 0.3 is 0 Å². The summed E-state index contributed by atoms with van der Waals surface area (Å²) in [5.41, 5.74) is 2.67. The molecular formula is C16H18N6O. The number of nitrogens with zero attached hydrogens (tertiary/aromatic N) is 4. The lowest BCUT2D eigenvalue weighted by Gasteiger charge is -2.05. The number of hydrogen-bond donors (Lipinski definition) is 2. The highest BCUT2D eigenvalue weighted by molar-refractivity contribution is 5.68. The van der Waals surface area contributed by atoms with Crippen molar-refractivity contribution in [3.63, 3.8) is 0 Å². The molecule has 3 rings (SSSR count). The van der Waals surface area contributed by atoms with Gasteiger partial charge in [-0.25, -0.2) is 0 Å². The Bertz CT molecular complexity index is 786. The zero-order valence-electron chi connectivity index (χ0n) is 13.1. The normalized spacial score (nSPS) is 10.5. The van der Waals surface area contributed by atoms with Crippen LogP contribution in [0.3, 0.4) is 0 Å². The highest BCUT2D eigenvalue weighted by Crippen LogP contribution is 2.25. The van der Waals surface area contributed by atoms with Crippen LogP contribution in [0.2, 0.25) is 0 Å². The lowest BCUT2D eigenvalue weighted by atomic mass is 10.1. The number of H-pyrrole nitrogens is 1. The smallest absolute Gasteiger partial charge is 0.242 e. The van der Waals surface area contributed by atoms with E-state index >= 15 is 0 Å². The van der Waals surface area contributed by atoms with E-state index in [1.165, 1.54) is 0 Å². The molecule has 7 heteroatoms. The van der Waals surface area contributed by atoms with Crippen molar-refractivity contribution in [3.05, 3.63) is 36.8 Å². The highest BCUT2D eigenvalue weighted by Gasteiger charge is 2.08. The zero-order chi connectivity index (χ0) is 16.1. The van der Waals surface area contributed by atoms with Gasteiger partial charge < -0.3 is 10.1 Å². The third kappa shape index (κ3) is 3.45. The molecule has 0 saturated carbocycles. The molecule has 3 aromatic heterocycles. The van der Waals surface area contributed by atoms with Gasteiger partial charge in [0.15, 0.2) is 5.82 Å². The van der Waals surface area contributed by atoms with Crippen LogP contribution < -0.4 is 10.1 Å². The fourth-order valence-electron chi connectivity index (χ4n) is 2.12. The molecule has 0 aromatic carbocycles. The minimum Gasteiger partial charge on any atom is -0.495 e. The third-order valence-electron chi connectivity index (χ3n) is 3.30. The summed E-state index contributed by atoms with van der Waals surface area (Å²) >= 11 is 0. The van der Waals surface area contributed by atoms with E-state index in [1.54, 1.807) is 25.7 Å². The van der Waals surface area contributed by atoms with Gasteiger partial charge in [0, 0.05) is 24.5 Å². The van der Waals surface area contributed by atoms with E-state index in [0.717, 1.165) is 29.8 Å². The average molecular weight is 310 g/mol. The monoisotopic (exact) mass is 310 g/mol. The average Bonchev–Trinajstić information content (AvgIpc) is 3.09. The van der Waals surface area contributed by atoms with Crippen LogP contribution in [-0.2, 0) is 0 Å². The molecule has 0 fully saturated rings. The lowest BCUT2D eigenvalue weighted by Crippen LogP contribution is -2.00. The van der Waals surface area contributed by atoms with Gasteiger partial charge in [-0.1, -0.05) is 6.92 Å². The number of aromatic nitrogens is 5. The second-order valence-electron chi connectivity index (χ2n) is 4.98. The fourth-order valence-corrected chi connectivity index (χ4v) is 2.12. The highest BCUT2D eigenvalue weighted by atomic mass is 16.5. The maximum absolute atomic E-state index is 5.22. The molecule has 3 heterocycles. The van der Waals surface area contributed by atoms with Crippen LogP contribution >= 0.6 is 0 Å². The van der Waals surface area contributed by atoms with Crippen molar-refractivity contribution in [1.82, 2.24) is 25.1 Å². The number of ether oxygens (including phenoxy) is 1. The molecule has 0 aliphatic heterocycles. The molecule has 0 radical (unpaired) electrons. The van der Waals surface area contributed by atoms with Crippen LogP contribution in [0.5, 0.6) is 5.75 Å². The minimum absolute atomic E-state index is 0.581. The van der Waals surface area contributed by atoms with E-state index in [4.69, 9.17) is 4.74 Å². The summed E-state index contributed by atoms with van der Waals surface area (Å²) in [5.74, 6) is 1.92. The Morgan fingerprint density at radius 3 is 2.96 bits per heavy atom. The molecule has 118 valence electrons. The van der Waals surface area contributed by atoms with Crippen molar-refractivity contribution in [1.29, 1.82) is 0 Å². The maximum Gasteiger partial charge on any atom is 0.242 e. The van der Waals surface area contributed by atoms with E-state index in [0.29, 0.717) is 17.5 Å². The minimum atomic E-state index is 0.581. The molecule has 0 unspecified atom stereocenters. The Kier molecular flexibility index (Phi) is 4.46. The van der Waals surface area contributed by atoms with Crippen LogP contribution in [0, 0.1) is 0 Å². The molecule has 0 atom stereocenters. The van der Waals surface area contributed by atoms with Crippen molar-refractivity contribution in [3.8, 4) is 28.4 Å². The van der Waals surface area contributed by atoms with Crippen LogP contribution in [-0.4, -0.2) is 38.8 Å². The van der Waals surface area contributed by atoms with Crippen molar-refractivity contribution in [2.75, 3.05) is 19.0 Å². The Morgan fingerprint density at radius 2 is 2.13 bits per heavy atom. The topological polar surface area (TPSA) is 88.6 Å². The second-order valence-corrected chi connectivity index (χ2v) is 4.98. The first kappa shape index (κ1) is 15.0. The summed E-state index contributed by atoms with van der Waals surface area (Å²) in [6, 6.07) is 5.80. The second kappa shape index (κ2) is 6.87. The SMILES string of the molecule is CCCNc1n[nH]c(-c2cc(-c3cncc(OC)c3)ccn2)n1. The van der Waals surface area contributed by atoms with Crippen molar-refractivity contribution in [2.45, 2.75) is 13.3 Å². The quantitative estimate of drug-likeness (QED) is 0.728. The van der Waals surface area contributed by atoms with E-state index in [-0.39, 0.29) is 0 Å². The summed E-state index contributed by atoms with van der Waals surface area (Å²) in [4.78, 5) is 12.9. The molecule has 0 amide bonds. The lowest BCUT2D eigenvalue weighted by molar-refractivity contribution is 0.413. The molecule has 23 heavy (non-hydrogen) atoms. The van der Waals surface area contributed by atoms with Crippen LogP contribution in [0.1, 0.15) is 13.3 Å². The Balaban J connectivity index is 1.88. The van der Waals surface area contributed by atoms with Crippen molar-refractivity contribution < 1.29 is 4.74 Å². The molecule has 3 aromatic rings. The van der Waals surface area contributed by atoms with Crippen LogP contribution in [0.15, 0.2) is 36.8 Å².